The molecule has 0 saturated carbocycles. The quantitative estimate of drug-likeness (QED) is 0.851. The van der Waals surface area contributed by atoms with Crippen molar-refractivity contribution in [3.05, 3.63) is 42.1 Å². The smallest absolute Gasteiger partial charge is 0.227 e. The normalized spacial score (nSPS) is 16.8. The average molecular weight is 329 g/mol. The number of hydrogen-bond acceptors (Lipinski definition) is 5. The topological polar surface area (TPSA) is 95.1 Å². The van der Waals surface area contributed by atoms with Crippen LogP contribution >= 0.6 is 0 Å². The molecule has 2 aromatic rings. The molecule has 1 amide bonds. The van der Waals surface area contributed by atoms with Crippen molar-refractivity contribution in [1.29, 1.82) is 0 Å². The summed E-state index contributed by atoms with van der Waals surface area (Å²) in [6, 6.07) is 3.88. The number of carbonyl (C=O) groups is 1. The van der Waals surface area contributed by atoms with Gasteiger partial charge in [0.15, 0.2) is 0 Å². The van der Waals surface area contributed by atoms with Crippen LogP contribution in [0.25, 0.3) is 5.82 Å². The molecule has 0 aromatic carbocycles. The summed E-state index contributed by atoms with van der Waals surface area (Å²) >= 11 is 0. The zero-order chi connectivity index (χ0) is 17.0. The first-order chi connectivity index (χ1) is 11.6. The van der Waals surface area contributed by atoms with Crippen LogP contribution in [0.3, 0.4) is 0 Å². The molecule has 1 aliphatic heterocycles. The second-order valence-electron chi connectivity index (χ2n) is 6.15. The lowest BCUT2D eigenvalue weighted by Gasteiger charge is -2.34. The lowest BCUT2D eigenvalue weighted by Crippen LogP contribution is -2.48. The van der Waals surface area contributed by atoms with Crippen LogP contribution in [0.5, 0.6) is 0 Å². The van der Waals surface area contributed by atoms with Gasteiger partial charge in [-0.3, -0.25) is 9.36 Å². The number of rotatable bonds is 5. The van der Waals surface area contributed by atoms with Gasteiger partial charge in [-0.1, -0.05) is 6.07 Å². The highest BCUT2D eigenvalue weighted by atomic mass is 16.5. The molecule has 3 heterocycles. The molecule has 0 aliphatic carbocycles. The van der Waals surface area contributed by atoms with Gasteiger partial charge in [-0.25, -0.2) is 9.97 Å². The second-order valence-corrected chi connectivity index (χ2v) is 6.15. The van der Waals surface area contributed by atoms with Crippen molar-refractivity contribution >= 4 is 5.91 Å². The van der Waals surface area contributed by atoms with Crippen LogP contribution in [0, 0.1) is 12.3 Å². The minimum Gasteiger partial charge on any atom is -0.381 e. The van der Waals surface area contributed by atoms with Crippen LogP contribution in [0.1, 0.15) is 24.2 Å². The van der Waals surface area contributed by atoms with Crippen LogP contribution in [0.4, 0.5) is 0 Å². The molecule has 0 bridgehead atoms. The zero-order valence-corrected chi connectivity index (χ0v) is 13.9. The van der Waals surface area contributed by atoms with E-state index < -0.39 is 5.41 Å². The summed E-state index contributed by atoms with van der Waals surface area (Å²) < 4.78 is 7.26. The Balaban J connectivity index is 1.62. The molecular weight excluding hydrogens is 306 g/mol. The molecule has 1 aliphatic rings. The SMILES string of the molecule is Cc1nccn1-c1ccc(CNC(=O)C2(CN)CCOCC2)cn1. The summed E-state index contributed by atoms with van der Waals surface area (Å²) in [6.45, 7) is 3.89. The molecule has 1 fully saturated rings. The lowest BCUT2D eigenvalue weighted by atomic mass is 9.79. The standard InChI is InChI=1S/C17H23N5O2/c1-13-19-6-7-22(13)15-3-2-14(10-20-15)11-21-16(23)17(12-18)4-8-24-9-5-17/h2-3,6-7,10H,4-5,8-9,11-12,18H2,1H3,(H,21,23). The fraction of sp³-hybridized carbons (Fsp3) is 0.471. The molecule has 0 radical (unpaired) electrons. The largest absolute Gasteiger partial charge is 0.381 e. The van der Waals surface area contributed by atoms with Crippen molar-refractivity contribution < 1.29 is 9.53 Å². The Labute approximate surface area is 141 Å². The summed E-state index contributed by atoms with van der Waals surface area (Å²) in [6.07, 6.45) is 6.73. The Kier molecular flexibility index (Phi) is 4.92. The van der Waals surface area contributed by atoms with E-state index in [2.05, 4.69) is 15.3 Å². The van der Waals surface area contributed by atoms with Crippen molar-refractivity contribution in [3.63, 3.8) is 0 Å². The molecule has 128 valence electrons. The van der Waals surface area contributed by atoms with Crippen LogP contribution in [0.2, 0.25) is 0 Å². The Morgan fingerprint density at radius 3 is 2.75 bits per heavy atom. The number of nitrogens with two attached hydrogens (primary N) is 1. The predicted molar refractivity (Wildman–Crippen MR) is 89.5 cm³/mol. The minimum atomic E-state index is -0.500. The first-order valence-corrected chi connectivity index (χ1v) is 8.16. The number of aryl methyl sites for hydroxylation is 1. The highest BCUT2D eigenvalue weighted by molar-refractivity contribution is 5.83. The van der Waals surface area contributed by atoms with Gasteiger partial charge in [0, 0.05) is 44.9 Å². The molecule has 7 nitrogen and oxygen atoms in total. The summed E-state index contributed by atoms with van der Waals surface area (Å²) in [7, 11) is 0. The first-order valence-electron chi connectivity index (χ1n) is 8.16. The van der Waals surface area contributed by atoms with E-state index in [4.69, 9.17) is 10.5 Å². The van der Waals surface area contributed by atoms with Gasteiger partial charge < -0.3 is 15.8 Å². The number of imidazole rings is 1. The van der Waals surface area contributed by atoms with Gasteiger partial charge in [-0.05, 0) is 31.4 Å². The van der Waals surface area contributed by atoms with Gasteiger partial charge in [-0.2, -0.15) is 0 Å². The number of aromatic nitrogens is 3. The van der Waals surface area contributed by atoms with Gasteiger partial charge >= 0.3 is 0 Å². The molecule has 3 N–H and O–H groups in total. The lowest BCUT2D eigenvalue weighted by molar-refractivity contribution is -0.136. The molecule has 3 rings (SSSR count). The molecule has 0 unspecified atom stereocenters. The average Bonchev–Trinajstić information content (AvgIpc) is 3.06. The van der Waals surface area contributed by atoms with Gasteiger partial charge in [0.25, 0.3) is 0 Å². The van der Waals surface area contributed by atoms with Crippen LogP contribution in [0.15, 0.2) is 30.7 Å². The number of carbonyl (C=O) groups excluding carboxylic acids is 1. The van der Waals surface area contributed by atoms with Crippen molar-refractivity contribution in [3.8, 4) is 5.82 Å². The van der Waals surface area contributed by atoms with E-state index >= 15 is 0 Å². The number of hydrogen-bond donors (Lipinski definition) is 2. The van der Waals surface area contributed by atoms with E-state index in [9.17, 15) is 4.79 Å². The third kappa shape index (κ3) is 3.32. The summed E-state index contributed by atoms with van der Waals surface area (Å²) in [5, 5.41) is 2.99. The third-order valence-corrected chi connectivity index (χ3v) is 4.66. The maximum atomic E-state index is 12.5. The monoisotopic (exact) mass is 329 g/mol. The van der Waals surface area contributed by atoms with E-state index in [-0.39, 0.29) is 5.91 Å². The van der Waals surface area contributed by atoms with Crippen molar-refractivity contribution in [2.75, 3.05) is 19.8 Å². The summed E-state index contributed by atoms with van der Waals surface area (Å²) in [5.74, 6) is 1.69. The van der Waals surface area contributed by atoms with Gasteiger partial charge in [0.2, 0.25) is 5.91 Å². The minimum absolute atomic E-state index is 0.00262. The van der Waals surface area contributed by atoms with E-state index in [1.54, 1.807) is 12.4 Å². The maximum Gasteiger partial charge on any atom is 0.227 e. The van der Waals surface area contributed by atoms with Gasteiger partial charge in [0.1, 0.15) is 11.6 Å². The highest BCUT2D eigenvalue weighted by Crippen LogP contribution is 2.29. The molecule has 0 atom stereocenters. The third-order valence-electron chi connectivity index (χ3n) is 4.66. The Bertz CT molecular complexity index is 689. The first kappa shape index (κ1) is 16.6. The van der Waals surface area contributed by atoms with Crippen molar-refractivity contribution in [2.45, 2.75) is 26.3 Å². The maximum absolute atomic E-state index is 12.5. The van der Waals surface area contributed by atoms with Crippen molar-refractivity contribution in [2.24, 2.45) is 11.1 Å². The zero-order valence-electron chi connectivity index (χ0n) is 13.9. The summed E-state index contributed by atoms with van der Waals surface area (Å²) in [4.78, 5) is 21.2. The fourth-order valence-electron chi connectivity index (χ4n) is 2.94. The van der Waals surface area contributed by atoms with E-state index in [1.807, 2.05) is 29.8 Å². The fourth-order valence-corrected chi connectivity index (χ4v) is 2.94. The number of nitrogens with one attached hydrogen (secondary N) is 1. The number of nitrogens with zero attached hydrogens (tertiary/aromatic N) is 3. The Morgan fingerprint density at radius 2 is 2.17 bits per heavy atom. The predicted octanol–water partition coefficient (Wildman–Crippen LogP) is 0.947. The van der Waals surface area contributed by atoms with Crippen LogP contribution in [-0.2, 0) is 16.1 Å². The van der Waals surface area contributed by atoms with Crippen molar-refractivity contribution in [1.82, 2.24) is 19.9 Å². The number of pyridine rings is 1. The van der Waals surface area contributed by atoms with Gasteiger partial charge in [-0.15, -0.1) is 0 Å². The van der Waals surface area contributed by atoms with E-state index in [1.165, 1.54) is 0 Å². The number of ether oxygens (including phenoxy) is 1. The Morgan fingerprint density at radius 1 is 1.38 bits per heavy atom. The van der Waals surface area contributed by atoms with E-state index in [0.717, 1.165) is 17.2 Å². The molecule has 0 spiro atoms. The molecular formula is C17H23N5O2. The highest BCUT2D eigenvalue weighted by Gasteiger charge is 2.38. The molecule has 7 heteroatoms. The summed E-state index contributed by atoms with van der Waals surface area (Å²) in [5.41, 5.74) is 6.31. The van der Waals surface area contributed by atoms with Crippen LogP contribution in [-0.4, -0.2) is 40.2 Å². The second kappa shape index (κ2) is 7.11. The van der Waals surface area contributed by atoms with E-state index in [0.29, 0.717) is 39.1 Å². The van der Waals surface area contributed by atoms with Crippen LogP contribution < -0.4 is 11.1 Å². The molecule has 1 saturated heterocycles. The Hall–Kier alpha value is -2.25. The molecule has 2 aromatic heterocycles. The number of amides is 1. The van der Waals surface area contributed by atoms with Gasteiger partial charge in [0.05, 0.1) is 5.41 Å². The molecule has 24 heavy (non-hydrogen) atoms.